The average molecular weight is 306 g/mol. The van der Waals surface area contributed by atoms with Crippen LogP contribution in [0.25, 0.3) is 0 Å². The summed E-state index contributed by atoms with van der Waals surface area (Å²) in [6.45, 7) is 1.85. The quantitative estimate of drug-likeness (QED) is 0.896. The molecular formula is C13H12BrN3O. The SMILES string of the molecule is Cc1cc(N)cnc1NC(=O)c1ccccc1Br. The van der Waals surface area contributed by atoms with Crippen LogP contribution in [0, 0.1) is 6.92 Å². The van der Waals surface area contributed by atoms with Crippen molar-refractivity contribution in [2.24, 2.45) is 0 Å². The fraction of sp³-hybridized carbons (Fsp3) is 0.0769. The first-order chi connectivity index (χ1) is 8.58. The van der Waals surface area contributed by atoms with Crippen molar-refractivity contribution in [2.45, 2.75) is 6.92 Å². The zero-order valence-electron chi connectivity index (χ0n) is 9.77. The topological polar surface area (TPSA) is 68.0 Å². The van der Waals surface area contributed by atoms with Gasteiger partial charge in [-0.25, -0.2) is 4.98 Å². The van der Waals surface area contributed by atoms with E-state index in [9.17, 15) is 4.79 Å². The fourth-order valence-electron chi connectivity index (χ4n) is 1.55. The molecule has 3 N–H and O–H groups in total. The highest BCUT2D eigenvalue weighted by Crippen LogP contribution is 2.19. The number of anilines is 2. The molecule has 0 aliphatic carbocycles. The van der Waals surface area contributed by atoms with Crippen LogP contribution in [0.2, 0.25) is 0 Å². The number of aryl methyl sites for hydroxylation is 1. The highest BCUT2D eigenvalue weighted by molar-refractivity contribution is 9.10. The number of pyridine rings is 1. The summed E-state index contributed by atoms with van der Waals surface area (Å²) in [7, 11) is 0. The molecule has 0 atom stereocenters. The van der Waals surface area contributed by atoms with Gasteiger partial charge in [-0.1, -0.05) is 12.1 Å². The van der Waals surface area contributed by atoms with E-state index in [1.165, 1.54) is 6.20 Å². The molecule has 2 rings (SSSR count). The van der Waals surface area contributed by atoms with E-state index in [4.69, 9.17) is 5.73 Å². The number of rotatable bonds is 2. The number of nitrogens with one attached hydrogen (secondary N) is 1. The van der Waals surface area contributed by atoms with Gasteiger partial charge in [-0.3, -0.25) is 4.79 Å². The minimum absolute atomic E-state index is 0.206. The summed E-state index contributed by atoms with van der Waals surface area (Å²) in [6.07, 6.45) is 1.52. The molecule has 0 bridgehead atoms. The minimum Gasteiger partial charge on any atom is -0.397 e. The molecule has 92 valence electrons. The largest absolute Gasteiger partial charge is 0.397 e. The maximum atomic E-state index is 12.1. The smallest absolute Gasteiger partial charge is 0.257 e. The van der Waals surface area contributed by atoms with Crippen LogP contribution in [0.3, 0.4) is 0 Å². The normalized spacial score (nSPS) is 10.1. The molecule has 0 unspecified atom stereocenters. The minimum atomic E-state index is -0.206. The van der Waals surface area contributed by atoms with E-state index < -0.39 is 0 Å². The van der Waals surface area contributed by atoms with Crippen molar-refractivity contribution in [3.05, 3.63) is 52.1 Å². The lowest BCUT2D eigenvalue weighted by molar-refractivity contribution is 0.102. The molecule has 1 amide bonds. The van der Waals surface area contributed by atoms with E-state index in [1.807, 2.05) is 25.1 Å². The maximum Gasteiger partial charge on any atom is 0.257 e. The van der Waals surface area contributed by atoms with Gasteiger partial charge in [0.15, 0.2) is 0 Å². The molecular weight excluding hydrogens is 294 g/mol. The zero-order chi connectivity index (χ0) is 13.1. The average Bonchev–Trinajstić information content (AvgIpc) is 2.33. The Balaban J connectivity index is 2.24. The van der Waals surface area contributed by atoms with Crippen molar-refractivity contribution >= 4 is 33.3 Å². The third kappa shape index (κ3) is 2.68. The number of amides is 1. The molecule has 18 heavy (non-hydrogen) atoms. The Morgan fingerprint density at radius 2 is 2.11 bits per heavy atom. The Morgan fingerprint density at radius 1 is 1.39 bits per heavy atom. The molecule has 0 aliphatic rings. The van der Waals surface area contributed by atoms with E-state index >= 15 is 0 Å². The van der Waals surface area contributed by atoms with Gasteiger partial charge < -0.3 is 11.1 Å². The van der Waals surface area contributed by atoms with Crippen LogP contribution in [-0.2, 0) is 0 Å². The second-order valence-corrected chi connectivity index (χ2v) is 4.72. The summed E-state index contributed by atoms with van der Waals surface area (Å²) in [5.41, 5.74) is 7.58. The van der Waals surface area contributed by atoms with Crippen molar-refractivity contribution in [1.29, 1.82) is 0 Å². The second kappa shape index (κ2) is 5.18. The van der Waals surface area contributed by atoms with Gasteiger partial charge in [0.25, 0.3) is 5.91 Å². The van der Waals surface area contributed by atoms with Crippen LogP contribution in [-0.4, -0.2) is 10.9 Å². The number of carbonyl (C=O) groups excluding carboxylic acids is 1. The van der Waals surface area contributed by atoms with Crippen LogP contribution in [0.4, 0.5) is 11.5 Å². The van der Waals surface area contributed by atoms with Gasteiger partial charge in [-0.05, 0) is 46.6 Å². The van der Waals surface area contributed by atoms with Crippen molar-refractivity contribution in [2.75, 3.05) is 11.1 Å². The number of benzene rings is 1. The first-order valence-corrected chi connectivity index (χ1v) is 6.15. The van der Waals surface area contributed by atoms with Gasteiger partial charge in [-0.15, -0.1) is 0 Å². The number of nitrogens with two attached hydrogens (primary N) is 1. The molecule has 1 aromatic carbocycles. The van der Waals surface area contributed by atoms with Crippen molar-refractivity contribution in [3.8, 4) is 0 Å². The molecule has 5 heteroatoms. The van der Waals surface area contributed by atoms with E-state index in [-0.39, 0.29) is 5.91 Å². The Morgan fingerprint density at radius 3 is 2.78 bits per heavy atom. The van der Waals surface area contributed by atoms with Gasteiger partial charge in [-0.2, -0.15) is 0 Å². The molecule has 0 spiro atoms. The van der Waals surface area contributed by atoms with Crippen molar-refractivity contribution in [3.63, 3.8) is 0 Å². The summed E-state index contributed by atoms with van der Waals surface area (Å²) in [6, 6.07) is 8.99. The zero-order valence-corrected chi connectivity index (χ0v) is 11.4. The molecule has 1 aromatic heterocycles. The number of aromatic nitrogens is 1. The third-order valence-electron chi connectivity index (χ3n) is 2.45. The van der Waals surface area contributed by atoms with Crippen LogP contribution in [0.5, 0.6) is 0 Å². The number of nitrogens with zero attached hydrogens (tertiary/aromatic N) is 1. The molecule has 0 saturated heterocycles. The number of halogens is 1. The second-order valence-electron chi connectivity index (χ2n) is 3.87. The summed E-state index contributed by atoms with van der Waals surface area (Å²) in [5, 5.41) is 2.76. The number of hydrogen-bond acceptors (Lipinski definition) is 3. The van der Waals surface area contributed by atoms with Gasteiger partial charge in [0.2, 0.25) is 0 Å². The monoisotopic (exact) mass is 305 g/mol. The lowest BCUT2D eigenvalue weighted by Crippen LogP contribution is -2.14. The highest BCUT2D eigenvalue weighted by atomic mass is 79.9. The van der Waals surface area contributed by atoms with E-state index in [0.717, 1.165) is 10.0 Å². The van der Waals surface area contributed by atoms with Gasteiger partial charge in [0.1, 0.15) is 5.82 Å². The van der Waals surface area contributed by atoms with Crippen LogP contribution in [0.15, 0.2) is 41.0 Å². The Labute approximate surface area is 113 Å². The summed E-state index contributed by atoms with van der Waals surface area (Å²) >= 11 is 3.34. The molecule has 0 fully saturated rings. The van der Waals surface area contributed by atoms with Crippen LogP contribution >= 0.6 is 15.9 Å². The Hall–Kier alpha value is -1.88. The summed E-state index contributed by atoms with van der Waals surface area (Å²) in [4.78, 5) is 16.2. The molecule has 0 saturated carbocycles. The lowest BCUT2D eigenvalue weighted by atomic mass is 10.2. The number of nitrogen functional groups attached to an aromatic ring is 1. The predicted octanol–water partition coefficient (Wildman–Crippen LogP) is 2.99. The van der Waals surface area contributed by atoms with Crippen LogP contribution < -0.4 is 11.1 Å². The Bertz CT molecular complexity index is 599. The predicted molar refractivity (Wildman–Crippen MR) is 75.5 cm³/mol. The lowest BCUT2D eigenvalue weighted by Gasteiger charge is -2.08. The first kappa shape index (κ1) is 12.6. The summed E-state index contributed by atoms with van der Waals surface area (Å²) in [5.74, 6) is 0.313. The number of carbonyl (C=O) groups is 1. The van der Waals surface area contributed by atoms with Crippen molar-refractivity contribution < 1.29 is 4.79 Å². The molecule has 1 heterocycles. The molecule has 0 radical (unpaired) electrons. The Kier molecular flexibility index (Phi) is 3.62. The fourth-order valence-corrected chi connectivity index (χ4v) is 2.01. The maximum absolute atomic E-state index is 12.1. The van der Waals surface area contributed by atoms with Crippen molar-refractivity contribution in [1.82, 2.24) is 4.98 Å². The van der Waals surface area contributed by atoms with E-state index in [1.54, 1.807) is 12.1 Å². The van der Waals surface area contributed by atoms with Crippen LogP contribution in [0.1, 0.15) is 15.9 Å². The number of hydrogen-bond donors (Lipinski definition) is 2. The third-order valence-corrected chi connectivity index (χ3v) is 3.14. The highest BCUT2D eigenvalue weighted by Gasteiger charge is 2.11. The van der Waals surface area contributed by atoms with E-state index in [2.05, 4.69) is 26.2 Å². The molecule has 2 aromatic rings. The summed E-state index contributed by atoms with van der Waals surface area (Å²) < 4.78 is 0.746. The molecule has 4 nitrogen and oxygen atoms in total. The van der Waals surface area contributed by atoms with Gasteiger partial charge in [0, 0.05) is 4.47 Å². The first-order valence-electron chi connectivity index (χ1n) is 5.36. The molecule has 0 aliphatic heterocycles. The van der Waals surface area contributed by atoms with Gasteiger partial charge in [0.05, 0.1) is 17.4 Å². The van der Waals surface area contributed by atoms with E-state index in [0.29, 0.717) is 17.1 Å². The standard InChI is InChI=1S/C13H12BrN3O/c1-8-6-9(15)7-16-12(8)17-13(18)10-4-2-3-5-11(10)14/h2-7H,15H2,1H3,(H,16,17,18). The van der Waals surface area contributed by atoms with Gasteiger partial charge >= 0.3 is 0 Å².